The summed E-state index contributed by atoms with van der Waals surface area (Å²) in [4.78, 5) is 4.34. The lowest BCUT2D eigenvalue weighted by Crippen LogP contribution is -2.22. The van der Waals surface area contributed by atoms with E-state index >= 15 is 0 Å². The summed E-state index contributed by atoms with van der Waals surface area (Å²) in [5.41, 5.74) is 3.12. The van der Waals surface area contributed by atoms with E-state index in [9.17, 15) is 0 Å². The van der Waals surface area contributed by atoms with Crippen LogP contribution in [0.4, 0.5) is 0 Å². The van der Waals surface area contributed by atoms with Gasteiger partial charge in [-0.05, 0) is 19.4 Å². The molecule has 13 heavy (non-hydrogen) atoms. The Morgan fingerprint density at radius 2 is 2.31 bits per heavy atom. The highest BCUT2D eigenvalue weighted by atomic mass is 32.1. The first kappa shape index (κ1) is 10.7. The normalized spacial score (nSPS) is 13.1. The minimum atomic E-state index is 0.469. The van der Waals surface area contributed by atoms with Gasteiger partial charge in [0.2, 0.25) is 0 Å². The standard InChI is InChI=1S/C10H18N2S/c1-3-5-9(11-6-4-2)10-7-13-8-12-10/h7-9,11H,3-6H2,1-2H3. The molecule has 0 aliphatic carbocycles. The molecular weight excluding hydrogens is 180 g/mol. The molecule has 3 heteroatoms. The summed E-state index contributed by atoms with van der Waals surface area (Å²) in [7, 11) is 0. The van der Waals surface area contributed by atoms with E-state index in [4.69, 9.17) is 0 Å². The Labute approximate surface area is 84.4 Å². The number of aromatic nitrogens is 1. The fourth-order valence-electron chi connectivity index (χ4n) is 1.36. The fourth-order valence-corrected chi connectivity index (χ4v) is 1.96. The second-order valence-corrected chi connectivity index (χ2v) is 3.93. The third-order valence-electron chi connectivity index (χ3n) is 2.03. The zero-order chi connectivity index (χ0) is 9.52. The second-order valence-electron chi connectivity index (χ2n) is 3.21. The number of nitrogens with one attached hydrogen (secondary N) is 1. The first-order valence-electron chi connectivity index (χ1n) is 5.00. The zero-order valence-electron chi connectivity index (χ0n) is 8.42. The van der Waals surface area contributed by atoms with Crippen LogP contribution in [0.5, 0.6) is 0 Å². The largest absolute Gasteiger partial charge is 0.309 e. The van der Waals surface area contributed by atoms with E-state index < -0.39 is 0 Å². The molecule has 0 bridgehead atoms. The Morgan fingerprint density at radius 3 is 2.85 bits per heavy atom. The Bertz CT molecular complexity index is 209. The van der Waals surface area contributed by atoms with Gasteiger partial charge in [-0.15, -0.1) is 11.3 Å². The van der Waals surface area contributed by atoms with Crippen molar-refractivity contribution >= 4 is 11.3 Å². The molecule has 0 saturated carbocycles. The van der Waals surface area contributed by atoms with Crippen LogP contribution in [0.25, 0.3) is 0 Å². The summed E-state index contributed by atoms with van der Waals surface area (Å²) in [6.45, 7) is 5.49. The molecule has 1 atom stereocenters. The predicted molar refractivity (Wildman–Crippen MR) is 58.1 cm³/mol. The Balaban J connectivity index is 2.47. The molecule has 0 amide bonds. The summed E-state index contributed by atoms with van der Waals surface area (Å²) >= 11 is 1.68. The van der Waals surface area contributed by atoms with Crippen LogP contribution in [0.3, 0.4) is 0 Å². The maximum absolute atomic E-state index is 4.34. The third-order valence-corrected chi connectivity index (χ3v) is 2.63. The van der Waals surface area contributed by atoms with Crippen LogP contribution < -0.4 is 5.32 Å². The molecule has 0 spiro atoms. The molecule has 1 aromatic heterocycles. The lowest BCUT2D eigenvalue weighted by Gasteiger charge is -2.14. The summed E-state index contributed by atoms with van der Waals surface area (Å²) in [6.07, 6.45) is 3.58. The second kappa shape index (κ2) is 6.11. The van der Waals surface area contributed by atoms with E-state index in [0.29, 0.717) is 6.04 Å². The minimum Gasteiger partial charge on any atom is -0.309 e. The molecule has 0 aliphatic heterocycles. The Morgan fingerprint density at radius 1 is 1.46 bits per heavy atom. The first-order chi connectivity index (χ1) is 6.38. The van der Waals surface area contributed by atoms with Crippen molar-refractivity contribution in [3.05, 3.63) is 16.6 Å². The van der Waals surface area contributed by atoms with Crippen molar-refractivity contribution in [1.29, 1.82) is 0 Å². The molecule has 74 valence electrons. The molecule has 0 fully saturated rings. The van der Waals surface area contributed by atoms with E-state index in [1.54, 1.807) is 11.3 Å². The van der Waals surface area contributed by atoms with Crippen molar-refractivity contribution in [3.8, 4) is 0 Å². The van der Waals surface area contributed by atoms with Gasteiger partial charge in [-0.25, -0.2) is 4.98 Å². The van der Waals surface area contributed by atoms with Gasteiger partial charge in [-0.1, -0.05) is 20.3 Å². The van der Waals surface area contributed by atoms with Gasteiger partial charge < -0.3 is 5.32 Å². The minimum absolute atomic E-state index is 0.469. The number of hydrogen-bond donors (Lipinski definition) is 1. The van der Waals surface area contributed by atoms with Crippen molar-refractivity contribution in [1.82, 2.24) is 10.3 Å². The maximum atomic E-state index is 4.34. The number of thiazole rings is 1. The van der Waals surface area contributed by atoms with Gasteiger partial charge in [0.05, 0.1) is 17.2 Å². The van der Waals surface area contributed by atoms with Crippen LogP contribution in [0.2, 0.25) is 0 Å². The molecule has 1 aromatic rings. The van der Waals surface area contributed by atoms with Gasteiger partial charge in [0.15, 0.2) is 0 Å². The van der Waals surface area contributed by atoms with Crippen molar-refractivity contribution in [2.24, 2.45) is 0 Å². The highest BCUT2D eigenvalue weighted by molar-refractivity contribution is 7.07. The molecule has 0 saturated heterocycles. The molecule has 1 unspecified atom stereocenters. The average molecular weight is 198 g/mol. The van der Waals surface area contributed by atoms with Crippen molar-refractivity contribution < 1.29 is 0 Å². The molecule has 1 heterocycles. The molecule has 0 aliphatic rings. The first-order valence-corrected chi connectivity index (χ1v) is 5.94. The maximum Gasteiger partial charge on any atom is 0.0795 e. The van der Waals surface area contributed by atoms with Gasteiger partial charge in [0.25, 0.3) is 0 Å². The van der Waals surface area contributed by atoms with Crippen LogP contribution in [-0.2, 0) is 0 Å². The van der Waals surface area contributed by atoms with Crippen LogP contribution in [0, 0.1) is 0 Å². The summed E-state index contributed by atoms with van der Waals surface area (Å²) in [5.74, 6) is 0. The van der Waals surface area contributed by atoms with Gasteiger partial charge in [0.1, 0.15) is 0 Å². The lowest BCUT2D eigenvalue weighted by atomic mass is 10.1. The zero-order valence-corrected chi connectivity index (χ0v) is 9.23. The van der Waals surface area contributed by atoms with E-state index in [-0.39, 0.29) is 0 Å². The third kappa shape index (κ3) is 3.44. The predicted octanol–water partition coefficient (Wildman–Crippen LogP) is 2.98. The average Bonchev–Trinajstić information content (AvgIpc) is 2.65. The van der Waals surface area contributed by atoms with Crippen LogP contribution in [0.15, 0.2) is 10.9 Å². The molecule has 1 N–H and O–H groups in total. The summed E-state index contributed by atoms with van der Waals surface area (Å²) < 4.78 is 0. The van der Waals surface area contributed by atoms with Crippen LogP contribution in [-0.4, -0.2) is 11.5 Å². The van der Waals surface area contributed by atoms with Gasteiger partial charge in [-0.3, -0.25) is 0 Å². The van der Waals surface area contributed by atoms with Crippen LogP contribution in [0.1, 0.15) is 44.8 Å². The summed E-state index contributed by atoms with van der Waals surface area (Å²) in [6, 6.07) is 0.469. The number of rotatable bonds is 6. The van der Waals surface area contributed by atoms with Crippen LogP contribution >= 0.6 is 11.3 Å². The van der Waals surface area contributed by atoms with Crippen molar-refractivity contribution in [2.75, 3.05) is 6.54 Å². The van der Waals surface area contributed by atoms with Crippen molar-refractivity contribution in [3.63, 3.8) is 0 Å². The number of hydrogen-bond acceptors (Lipinski definition) is 3. The number of nitrogens with zero attached hydrogens (tertiary/aromatic N) is 1. The monoisotopic (exact) mass is 198 g/mol. The summed E-state index contributed by atoms with van der Waals surface area (Å²) in [5, 5.41) is 5.66. The van der Waals surface area contributed by atoms with Gasteiger partial charge in [-0.2, -0.15) is 0 Å². The fraction of sp³-hybridized carbons (Fsp3) is 0.700. The highest BCUT2D eigenvalue weighted by Gasteiger charge is 2.10. The van der Waals surface area contributed by atoms with E-state index in [0.717, 1.165) is 6.54 Å². The lowest BCUT2D eigenvalue weighted by molar-refractivity contribution is 0.486. The molecular formula is C10H18N2S. The molecule has 2 nitrogen and oxygen atoms in total. The topological polar surface area (TPSA) is 24.9 Å². The van der Waals surface area contributed by atoms with Gasteiger partial charge in [0, 0.05) is 5.38 Å². The smallest absolute Gasteiger partial charge is 0.0795 e. The molecule has 0 aromatic carbocycles. The Kier molecular flexibility index (Phi) is 5.01. The highest BCUT2D eigenvalue weighted by Crippen LogP contribution is 2.17. The van der Waals surface area contributed by atoms with Crippen molar-refractivity contribution in [2.45, 2.75) is 39.2 Å². The SMILES string of the molecule is CCCNC(CCC)c1cscn1. The van der Waals surface area contributed by atoms with E-state index in [1.165, 1.54) is 25.0 Å². The molecule has 0 radical (unpaired) electrons. The quantitative estimate of drug-likeness (QED) is 0.760. The Hall–Kier alpha value is -0.410. The van der Waals surface area contributed by atoms with E-state index in [1.807, 2.05) is 5.51 Å². The van der Waals surface area contributed by atoms with Gasteiger partial charge >= 0.3 is 0 Å². The molecule has 1 rings (SSSR count). The van der Waals surface area contributed by atoms with E-state index in [2.05, 4.69) is 29.5 Å².